The summed E-state index contributed by atoms with van der Waals surface area (Å²) in [6.07, 6.45) is 5.33. The Hall–Kier alpha value is -0.120. The second kappa shape index (κ2) is 6.58. The Labute approximate surface area is 99.3 Å². The highest BCUT2D eigenvalue weighted by Crippen LogP contribution is 2.17. The first-order valence-electron chi connectivity index (χ1n) is 6.88. The topological polar surface area (TPSA) is 33.3 Å². The van der Waals surface area contributed by atoms with Crippen LogP contribution in [0.1, 0.15) is 32.6 Å². The van der Waals surface area contributed by atoms with Crippen molar-refractivity contribution < 1.29 is 4.74 Å². The van der Waals surface area contributed by atoms with Gasteiger partial charge in [-0.2, -0.15) is 0 Å². The molecule has 0 bridgehead atoms. The van der Waals surface area contributed by atoms with Crippen LogP contribution in [0.25, 0.3) is 0 Å². The molecule has 2 rings (SSSR count). The minimum Gasteiger partial charge on any atom is -0.381 e. The zero-order valence-electron chi connectivity index (χ0n) is 10.5. The highest BCUT2D eigenvalue weighted by Gasteiger charge is 2.22. The fraction of sp³-hybridized carbons (Fsp3) is 1.00. The Bertz CT molecular complexity index is 186. The van der Waals surface area contributed by atoms with Crippen molar-refractivity contribution in [3.05, 3.63) is 0 Å². The van der Waals surface area contributed by atoms with E-state index in [1.165, 1.54) is 45.3 Å². The summed E-state index contributed by atoms with van der Waals surface area (Å²) in [6, 6.07) is 0.624. The molecule has 2 N–H and O–H groups in total. The van der Waals surface area contributed by atoms with E-state index in [-0.39, 0.29) is 0 Å². The molecule has 94 valence electrons. The Kier molecular flexibility index (Phi) is 5.07. The molecule has 0 aliphatic carbocycles. The quantitative estimate of drug-likeness (QED) is 0.743. The van der Waals surface area contributed by atoms with Crippen LogP contribution in [0.4, 0.5) is 0 Å². The predicted molar refractivity (Wildman–Crippen MR) is 66.6 cm³/mol. The molecule has 0 saturated carbocycles. The van der Waals surface area contributed by atoms with Gasteiger partial charge in [0.2, 0.25) is 0 Å². The second-order valence-corrected chi connectivity index (χ2v) is 5.37. The average Bonchev–Trinajstić information content (AvgIpc) is 2.84. The van der Waals surface area contributed by atoms with E-state index in [0.717, 1.165) is 25.0 Å². The summed E-state index contributed by atoms with van der Waals surface area (Å²) < 4.78 is 5.42. The molecule has 2 aliphatic heterocycles. The fourth-order valence-electron chi connectivity index (χ4n) is 2.80. The largest absolute Gasteiger partial charge is 0.381 e. The molecule has 0 aromatic heterocycles. The zero-order valence-corrected chi connectivity index (χ0v) is 10.5. The van der Waals surface area contributed by atoms with E-state index in [0.29, 0.717) is 6.04 Å². The first-order valence-corrected chi connectivity index (χ1v) is 6.88. The van der Waals surface area contributed by atoms with Gasteiger partial charge < -0.3 is 15.4 Å². The molecule has 2 aliphatic rings. The fourth-order valence-corrected chi connectivity index (χ4v) is 2.80. The van der Waals surface area contributed by atoms with Crippen LogP contribution in [0, 0.1) is 11.8 Å². The Balaban J connectivity index is 1.56. The molecule has 3 unspecified atom stereocenters. The van der Waals surface area contributed by atoms with Crippen LogP contribution >= 0.6 is 0 Å². The third kappa shape index (κ3) is 3.72. The molecule has 0 aromatic carbocycles. The van der Waals surface area contributed by atoms with Gasteiger partial charge in [-0.25, -0.2) is 0 Å². The van der Waals surface area contributed by atoms with Gasteiger partial charge in [-0.05, 0) is 64.1 Å². The van der Waals surface area contributed by atoms with Crippen LogP contribution < -0.4 is 10.6 Å². The summed E-state index contributed by atoms with van der Waals surface area (Å²) in [5.74, 6) is 1.64. The van der Waals surface area contributed by atoms with E-state index in [1.54, 1.807) is 0 Å². The van der Waals surface area contributed by atoms with Crippen molar-refractivity contribution in [2.24, 2.45) is 11.8 Å². The maximum atomic E-state index is 5.42. The summed E-state index contributed by atoms with van der Waals surface area (Å²) in [5.41, 5.74) is 0. The third-order valence-electron chi connectivity index (χ3n) is 4.09. The molecule has 0 amide bonds. The summed E-state index contributed by atoms with van der Waals surface area (Å²) in [7, 11) is 0. The number of nitrogens with one attached hydrogen (secondary N) is 2. The van der Waals surface area contributed by atoms with Crippen molar-refractivity contribution in [3.8, 4) is 0 Å². The smallest absolute Gasteiger partial charge is 0.0509 e. The van der Waals surface area contributed by atoms with E-state index >= 15 is 0 Å². The molecule has 16 heavy (non-hydrogen) atoms. The van der Waals surface area contributed by atoms with Crippen molar-refractivity contribution in [1.29, 1.82) is 0 Å². The summed E-state index contributed by atoms with van der Waals surface area (Å²) in [6.45, 7) is 7.84. The molecule has 2 saturated heterocycles. The predicted octanol–water partition coefficient (Wildman–Crippen LogP) is 1.39. The van der Waals surface area contributed by atoms with Crippen molar-refractivity contribution in [1.82, 2.24) is 10.6 Å². The number of hydrogen-bond donors (Lipinski definition) is 2. The molecule has 0 spiro atoms. The summed E-state index contributed by atoms with van der Waals surface area (Å²) >= 11 is 0. The van der Waals surface area contributed by atoms with E-state index < -0.39 is 0 Å². The van der Waals surface area contributed by atoms with E-state index in [9.17, 15) is 0 Å². The summed E-state index contributed by atoms with van der Waals surface area (Å²) in [5, 5.41) is 7.14. The Morgan fingerprint density at radius 1 is 1.44 bits per heavy atom. The van der Waals surface area contributed by atoms with E-state index in [4.69, 9.17) is 4.74 Å². The molecule has 2 heterocycles. The number of ether oxygens (including phenoxy) is 1. The minimum absolute atomic E-state index is 0.624. The van der Waals surface area contributed by atoms with Crippen LogP contribution in [0.2, 0.25) is 0 Å². The number of hydrogen-bond acceptors (Lipinski definition) is 3. The molecular formula is C13H26N2O. The monoisotopic (exact) mass is 226 g/mol. The standard InChI is InChI=1S/C13H26N2O/c1-11(13-5-8-16-10-13)15-7-4-12-3-2-6-14-9-12/h11-15H,2-10H2,1H3. The van der Waals surface area contributed by atoms with Crippen LogP contribution in [0.15, 0.2) is 0 Å². The normalized spacial score (nSPS) is 32.8. The van der Waals surface area contributed by atoms with E-state index in [1.807, 2.05) is 0 Å². The van der Waals surface area contributed by atoms with Crippen LogP contribution in [-0.2, 0) is 4.74 Å². The Morgan fingerprint density at radius 2 is 2.38 bits per heavy atom. The maximum absolute atomic E-state index is 5.42. The third-order valence-corrected chi connectivity index (χ3v) is 4.09. The van der Waals surface area contributed by atoms with Crippen LogP contribution in [0.5, 0.6) is 0 Å². The zero-order chi connectivity index (χ0) is 11.2. The van der Waals surface area contributed by atoms with Gasteiger partial charge in [-0.15, -0.1) is 0 Å². The van der Waals surface area contributed by atoms with Crippen molar-refractivity contribution in [2.45, 2.75) is 38.6 Å². The molecule has 3 atom stereocenters. The lowest BCUT2D eigenvalue weighted by Gasteiger charge is -2.25. The van der Waals surface area contributed by atoms with Gasteiger partial charge in [0.1, 0.15) is 0 Å². The lowest BCUT2D eigenvalue weighted by atomic mass is 9.95. The highest BCUT2D eigenvalue weighted by molar-refractivity contribution is 4.77. The van der Waals surface area contributed by atoms with Gasteiger partial charge >= 0.3 is 0 Å². The van der Waals surface area contributed by atoms with Crippen LogP contribution in [-0.4, -0.2) is 38.9 Å². The lowest BCUT2D eigenvalue weighted by Crippen LogP contribution is -2.37. The molecule has 0 aromatic rings. The SMILES string of the molecule is CC(NCCC1CCCNC1)C1CCOC1. The van der Waals surface area contributed by atoms with Crippen molar-refractivity contribution >= 4 is 0 Å². The molecule has 3 nitrogen and oxygen atoms in total. The van der Waals surface area contributed by atoms with Gasteiger partial charge in [-0.1, -0.05) is 0 Å². The second-order valence-electron chi connectivity index (χ2n) is 5.37. The number of piperidine rings is 1. The molecule has 2 fully saturated rings. The first-order chi connectivity index (χ1) is 7.86. The van der Waals surface area contributed by atoms with Crippen molar-refractivity contribution in [2.75, 3.05) is 32.8 Å². The average molecular weight is 226 g/mol. The lowest BCUT2D eigenvalue weighted by molar-refractivity contribution is 0.178. The van der Waals surface area contributed by atoms with Crippen LogP contribution in [0.3, 0.4) is 0 Å². The van der Waals surface area contributed by atoms with Gasteiger partial charge in [0, 0.05) is 12.6 Å². The van der Waals surface area contributed by atoms with Gasteiger partial charge in [0.25, 0.3) is 0 Å². The number of rotatable bonds is 5. The minimum atomic E-state index is 0.624. The molecule has 0 radical (unpaired) electrons. The van der Waals surface area contributed by atoms with Gasteiger partial charge in [0.05, 0.1) is 6.61 Å². The van der Waals surface area contributed by atoms with E-state index in [2.05, 4.69) is 17.6 Å². The first kappa shape index (κ1) is 12.3. The summed E-state index contributed by atoms with van der Waals surface area (Å²) in [4.78, 5) is 0. The van der Waals surface area contributed by atoms with Crippen molar-refractivity contribution in [3.63, 3.8) is 0 Å². The highest BCUT2D eigenvalue weighted by atomic mass is 16.5. The van der Waals surface area contributed by atoms with Gasteiger partial charge in [-0.3, -0.25) is 0 Å². The maximum Gasteiger partial charge on any atom is 0.0509 e. The van der Waals surface area contributed by atoms with Gasteiger partial charge in [0.15, 0.2) is 0 Å². The molecular weight excluding hydrogens is 200 g/mol. The molecule has 3 heteroatoms. The Morgan fingerprint density at radius 3 is 3.06 bits per heavy atom.